The zero-order valence-corrected chi connectivity index (χ0v) is 8.20. The molecule has 15 heavy (non-hydrogen) atoms. The number of hydrogen-bond donors (Lipinski definition) is 5. The minimum absolute atomic E-state index is 0.426. The van der Waals surface area contributed by atoms with Gasteiger partial charge in [-0.05, 0) is 0 Å². The van der Waals surface area contributed by atoms with Crippen molar-refractivity contribution in [2.24, 2.45) is 0 Å². The Bertz CT molecular complexity index is 233. The number of aliphatic hydroxyl groups excluding tert-OH is 4. The van der Waals surface area contributed by atoms with Crippen LogP contribution < -0.4 is 5.32 Å². The molecule has 1 saturated heterocycles. The predicted octanol–water partition coefficient (Wildman–Crippen LogP) is -3.08. The molecule has 0 radical (unpaired) electrons. The van der Waals surface area contributed by atoms with Crippen LogP contribution in [0.25, 0.3) is 0 Å². The van der Waals surface area contributed by atoms with Gasteiger partial charge in [0.15, 0.2) is 6.29 Å². The molecular weight excluding hydrogens is 206 g/mol. The van der Waals surface area contributed by atoms with Gasteiger partial charge >= 0.3 is 0 Å². The SMILES string of the molecule is CC(=O)N[C@H]1[C@H](O)[C@@H](O)C(O)O[C@@H]1CO. The number of amides is 1. The highest BCUT2D eigenvalue weighted by atomic mass is 16.6. The first-order valence-corrected chi connectivity index (χ1v) is 4.55. The fraction of sp³-hybridized carbons (Fsp3) is 0.875. The average Bonchev–Trinajstić information content (AvgIpc) is 2.18. The van der Waals surface area contributed by atoms with Crippen molar-refractivity contribution in [1.29, 1.82) is 0 Å². The molecule has 1 amide bonds. The smallest absolute Gasteiger partial charge is 0.217 e. The summed E-state index contributed by atoms with van der Waals surface area (Å²) >= 11 is 0. The van der Waals surface area contributed by atoms with Crippen molar-refractivity contribution in [3.05, 3.63) is 0 Å². The molecule has 1 aliphatic heterocycles. The van der Waals surface area contributed by atoms with E-state index < -0.39 is 43.2 Å². The van der Waals surface area contributed by atoms with E-state index in [1.54, 1.807) is 0 Å². The van der Waals surface area contributed by atoms with Crippen LogP contribution in [0.1, 0.15) is 6.92 Å². The standard InChI is InChI=1S/C8H15NO6/c1-3(11)9-5-4(2-10)15-8(14)7(13)6(5)12/h4-8,10,12-14H,2H2,1H3,(H,9,11)/t4-,5-,6+,7-,8?/m1/s1. The van der Waals surface area contributed by atoms with Crippen LogP contribution in [0.4, 0.5) is 0 Å². The van der Waals surface area contributed by atoms with Crippen LogP contribution in [0.3, 0.4) is 0 Å². The molecule has 5 N–H and O–H groups in total. The van der Waals surface area contributed by atoms with E-state index in [9.17, 15) is 15.0 Å². The lowest BCUT2D eigenvalue weighted by Gasteiger charge is -2.40. The van der Waals surface area contributed by atoms with E-state index in [1.807, 2.05) is 0 Å². The van der Waals surface area contributed by atoms with Gasteiger partial charge < -0.3 is 30.5 Å². The third-order valence-electron chi connectivity index (χ3n) is 2.27. The molecule has 1 aliphatic rings. The summed E-state index contributed by atoms with van der Waals surface area (Å²) in [7, 11) is 0. The molecular formula is C8H15NO6. The van der Waals surface area contributed by atoms with E-state index in [0.29, 0.717) is 0 Å². The zero-order valence-electron chi connectivity index (χ0n) is 8.20. The van der Waals surface area contributed by atoms with Crippen molar-refractivity contribution in [2.45, 2.75) is 37.6 Å². The summed E-state index contributed by atoms with van der Waals surface area (Å²) in [5, 5.41) is 39.2. The average molecular weight is 221 g/mol. The van der Waals surface area contributed by atoms with Gasteiger partial charge in [-0.25, -0.2) is 0 Å². The predicted molar refractivity (Wildman–Crippen MR) is 47.6 cm³/mol. The molecule has 1 unspecified atom stereocenters. The third-order valence-corrected chi connectivity index (χ3v) is 2.27. The van der Waals surface area contributed by atoms with Crippen molar-refractivity contribution in [1.82, 2.24) is 5.32 Å². The van der Waals surface area contributed by atoms with E-state index in [1.165, 1.54) is 6.92 Å². The number of hydrogen-bond acceptors (Lipinski definition) is 6. The van der Waals surface area contributed by atoms with E-state index in [4.69, 9.17) is 14.9 Å². The molecule has 1 heterocycles. The Morgan fingerprint density at radius 2 is 1.93 bits per heavy atom. The van der Waals surface area contributed by atoms with Crippen LogP contribution >= 0.6 is 0 Å². The lowest BCUT2D eigenvalue weighted by molar-refractivity contribution is -0.262. The van der Waals surface area contributed by atoms with E-state index >= 15 is 0 Å². The van der Waals surface area contributed by atoms with Crippen molar-refractivity contribution in [3.63, 3.8) is 0 Å². The maximum atomic E-state index is 10.8. The highest BCUT2D eigenvalue weighted by Gasteiger charge is 2.43. The highest BCUT2D eigenvalue weighted by molar-refractivity contribution is 5.73. The van der Waals surface area contributed by atoms with Crippen molar-refractivity contribution >= 4 is 5.91 Å². The van der Waals surface area contributed by atoms with Gasteiger partial charge in [0.1, 0.15) is 18.3 Å². The fourth-order valence-electron chi connectivity index (χ4n) is 1.51. The number of carbonyl (C=O) groups is 1. The molecule has 0 bridgehead atoms. The van der Waals surface area contributed by atoms with Crippen LogP contribution in [-0.4, -0.2) is 63.6 Å². The van der Waals surface area contributed by atoms with Gasteiger partial charge in [-0.15, -0.1) is 0 Å². The third kappa shape index (κ3) is 2.64. The highest BCUT2D eigenvalue weighted by Crippen LogP contribution is 2.19. The second-order valence-electron chi connectivity index (χ2n) is 3.46. The minimum Gasteiger partial charge on any atom is -0.394 e. The van der Waals surface area contributed by atoms with Crippen LogP contribution in [-0.2, 0) is 9.53 Å². The van der Waals surface area contributed by atoms with Crippen molar-refractivity contribution < 1.29 is 30.0 Å². The lowest BCUT2D eigenvalue weighted by atomic mass is 9.96. The molecule has 0 aliphatic carbocycles. The van der Waals surface area contributed by atoms with Gasteiger partial charge in [-0.3, -0.25) is 4.79 Å². The number of rotatable bonds is 2. The van der Waals surface area contributed by atoms with Crippen molar-refractivity contribution in [2.75, 3.05) is 6.61 Å². The molecule has 0 aromatic heterocycles. The Balaban J connectivity index is 2.75. The molecule has 1 rings (SSSR count). The quantitative estimate of drug-likeness (QED) is 0.337. The first-order chi connectivity index (χ1) is 6.97. The van der Waals surface area contributed by atoms with Crippen LogP contribution in [0, 0.1) is 0 Å². The zero-order chi connectivity index (χ0) is 11.6. The molecule has 0 saturated carbocycles. The Morgan fingerprint density at radius 1 is 1.33 bits per heavy atom. The summed E-state index contributed by atoms with van der Waals surface area (Å²) in [4.78, 5) is 10.8. The molecule has 7 nitrogen and oxygen atoms in total. The summed E-state index contributed by atoms with van der Waals surface area (Å²) in [6.07, 6.45) is -5.40. The number of aliphatic hydroxyl groups is 4. The largest absolute Gasteiger partial charge is 0.394 e. The van der Waals surface area contributed by atoms with Crippen molar-refractivity contribution in [3.8, 4) is 0 Å². The monoisotopic (exact) mass is 221 g/mol. The van der Waals surface area contributed by atoms with E-state index in [-0.39, 0.29) is 0 Å². The van der Waals surface area contributed by atoms with E-state index in [0.717, 1.165) is 0 Å². The Morgan fingerprint density at radius 3 is 2.40 bits per heavy atom. The van der Waals surface area contributed by atoms with Gasteiger partial charge in [0.2, 0.25) is 5.91 Å². The van der Waals surface area contributed by atoms with Crippen LogP contribution in [0.2, 0.25) is 0 Å². The molecule has 88 valence electrons. The molecule has 0 spiro atoms. The second-order valence-corrected chi connectivity index (χ2v) is 3.46. The Hall–Kier alpha value is -0.730. The summed E-state index contributed by atoms with van der Waals surface area (Å²) in [6.45, 7) is 0.754. The van der Waals surface area contributed by atoms with Gasteiger partial charge in [0.05, 0.1) is 12.6 Å². The Labute approximate surface area is 86.3 Å². The number of nitrogens with one attached hydrogen (secondary N) is 1. The molecule has 0 aromatic carbocycles. The molecule has 5 atom stereocenters. The molecule has 1 fully saturated rings. The topological polar surface area (TPSA) is 119 Å². The number of carbonyl (C=O) groups excluding carboxylic acids is 1. The summed E-state index contributed by atoms with van der Waals surface area (Å²) in [6, 6.07) is -0.939. The van der Waals surface area contributed by atoms with Crippen LogP contribution in [0.15, 0.2) is 0 Å². The van der Waals surface area contributed by atoms with Gasteiger partial charge in [0, 0.05) is 6.92 Å². The minimum atomic E-state index is -1.57. The Kier molecular flexibility index (Phi) is 4.00. The van der Waals surface area contributed by atoms with E-state index in [2.05, 4.69) is 5.32 Å². The summed E-state index contributed by atoms with van der Waals surface area (Å²) < 4.78 is 4.81. The molecule has 7 heteroatoms. The summed E-state index contributed by atoms with van der Waals surface area (Å²) in [5.41, 5.74) is 0. The first kappa shape index (κ1) is 12.3. The second kappa shape index (κ2) is 4.86. The lowest BCUT2D eigenvalue weighted by Crippen LogP contribution is -2.64. The maximum absolute atomic E-state index is 10.8. The van der Waals surface area contributed by atoms with Gasteiger partial charge in [-0.1, -0.05) is 0 Å². The van der Waals surface area contributed by atoms with Crippen LogP contribution in [0.5, 0.6) is 0 Å². The molecule has 0 aromatic rings. The maximum Gasteiger partial charge on any atom is 0.217 e. The fourth-order valence-corrected chi connectivity index (χ4v) is 1.51. The first-order valence-electron chi connectivity index (χ1n) is 4.55. The summed E-state index contributed by atoms with van der Waals surface area (Å²) in [5.74, 6) is -0.426. The van der Waals surface area contributed by atoms with Gasteiger partial charge in [-0.2, -0.15) is 0 Å². The van der Waals surface area contributed by atoms with Gasteiger partial charge in [0.25, 0.3) is 0 Å². The number of ether oxygens (including phenoxy) is 1. The normalized spacial score (nSPS) is 41.3.